The van der Waals surface area contributed by atoms with E-state index in [1.807, 2.05) is 0 Å². The predicted octanol–water partition coefficient (Wildman–Crippen LogP) is 2.54. The van der Waals surface area contributed by atoms with E-state index in [0.717, 1.165) is 6.42 Å². The van der Waals surface area contributed by atoms with Gasteiger partial charge >= 0.3 is 21.3 Å². The van der Waals surface area contributed by atoms with Crippen LogP contribution < -0.4 is 0 Å². The Kier molecular flexibility index (Phi) is 2.74. The summed E-state index contributed by atoms with van der Waals surface area (Å²) in [5.74, 6) is -6.90. The number of rotatable bonds is 3. The van der Waals surface area contributed by atoms with Crippen LogP contribution in [0.15, 0.2) is 0 Å². The van der Waals surface area contributed by atoms with Crippen molar-refractivity contribution in [2.45, 2.75) is 36.9 Å². The zero-order valence-corrected chi connectivity index (χ0v) is 9.56. The molecule has 0 heterocycles. The zero-order chi connectivity index (χ0) is 13.1. The third-order valence-electron chi connectivity index (χ3n) is 4.02. The Hall–Kier alpha value is -0.370. The second-order valence-electron chi connectivity index (χ2n) is 4.80. The quantitative estimate of drug-likeness (QED) is 0.636. The maximum Gasteiger partial charge on any atom is 0.431 e. The number of hydrogen-bond acceptors (Lipinski definition) is 2. The number of alkyl halides is 4. The van der Waals surface area contributed by atoms with Gasteiger partial charge in [-0.05, 0) is 37.5 Å². The van der Waals surface area contributed by atoms with Crippen LogP contribution in [0.4, 0.5) is 17.6 Å². The molecule has 3 unspecified atom stereocenters. The summed E-state index contributed by atoms with van der Waals surface area (Å²) in [7, 11) is -6.10. The molecule has 0 aromatic heterocycles. The second-order valence-corrected chi connectivity index (χ2v) is 6.26. The standard InChI is InChI=1S/C9H12F4O3S/c10-8(11,9(12,13)17(14,15)16)7-4-2-5-1-3-6(5)7/h5-7H,1-4H2,(H,14,15,16). The van der Waals surface area contributed by atoms with Crippen LogP contribution in [0.2, 0.25) is 0 Å². The van der Waals surface area contributed by atoms with Gasteiger partial charge in [0.05, 0.1) is 0 Å². The van der Waals surface area contributed by atoms with Gasteiger partial charge in [0, 0.05) is 5.92 Å². The van der Waals surface area contributed by atoms with Gasteiger partial charge in [-0.15, -0.1) is 0 Å². The van der Waals surface area contributed by atoms with Crippen LogP contribution in [0.25, 0.3) is 0 Å². The van der Waals surface area contributed by atoms with Crippen molar-refractivity contribution in [1.82, 2.24) is 0 Å². The maximum atomic E-state index is 13.6. The minimum Gasteiger partial charge on any atom is -0.281 e. The summed E-state index contributed by atoms with van der Waals surface area (Å²) in [6, 6.07) is 0. The van der Waals surface area contributed by atoms with Crippen LogP contribution in [-0.2, 0) is 10.1 Å². The first-order chi connectivity index (χ1) is 7.59. The van der Waals surface area contributed by atoms with Gasteiger partial charge in [-0.2, -0.15) is 26.0 Å². The molecule has 0 amide bonds. The summed E-state index contributed by atoms with van der Waals surface area (Å²) in [6.45, 7) is 0. The van der Waals surface area contributed by atoms with Gasteiger partial charge in [-0.1, -0.05) is 0 Å². The van der Waals surface area contributed by atoms with Gasteiger partial charge in [0.15, 0.2) is 0 Å². The van der Waals surface area contributed by atoms with Crippen molar-refractivity contribution in [3.8, 4) is 0 Å². The highest BCUT2D eigenvalue weighted by Crippen LogP contribution is 2.59. The van der Waals surface area contributed by atoms with E-state index in [2.05, 4.69) is 0 Å². The molecule has 0 aromatic rings. The highest BCUT2D eigenvalue weighted by Gasteiger charge is 2.71. The van der Waals surface area contributed by atoms with Crippen molar-refractivity contribution < 1.29 is 30.5 Å². The average molecular weight is 276 g/mol. The van der Waals surface area contributed by atoms with E-state index in [4.69, 9.17) is 4.55 Å². The number of hydrogen-bond donors (Lipinski definition) is 1. The first-order valence-electron chi connectivity index (χ1n) is 5.31. The normalized spacial score (nSPS) is 34.3. The van der Waals surface area contributed by atoms with Crippen LogP contribution in [0.3, 0.4) is 0 Å². The number of halogens is 4. The molecule has 0 bridgehead atoms. The lowest BCUT2D eigenvalue weighted by molar-refractivity contribution is -0.205. The lowest BCUT2D eigenvalue weighted by Crippen LogP contribution is -2.53. The molecule has 2 aliphatic carbocycles. The van der Waals surface area contributed by atoms with Crippen molar-refractivity contribution in [1.29, 1.82) is 0 Å². The second kappa shape index (κ2) is 3.57. The smallest absolute Gasteiger partial charge is 0.281 e. The maximum absolute atomic E-state index is 13.6. The van der Waals surface area contributed by atoms with Crippen LogP contribution in [0.1, 0.15) is 25.7 Å². The molecule has 2 aliphatic rings. The van der Waals surface area contributed by atoms with Crippen LogP contribution in [-0.4, -0.2) is 24.1 Å². The largest absolute Gasteiger partial charge is 0.431 e. The van der Waals surface area contributed by atoms with Gasteiger partial charge in [-0.25, -0.2) is 0 Å². The SMILES string of the molecule is O=S(=O)(O)C(F)(F)C(F)(F)C1CCC2CCC21. The predicted molar refractivity (Wildman–Crippen MR) is 50.4 cm³/mol. The fraction of sp³-hybridized carbons (Fsp3) is 1.00. The molecule has 0 spiro atoms. The van der Waals surface area contributed by atoms with Crippen molar-refractivity contribution in [3.63, 3.8) is 0 Å². The van der Waals surface area contributed by atoms with E-state index in [9.17, 15) is 26.0 Å². The molecule has 2 rings (SSSR count). The van der Waals surface area contributed by atoms with Gasteiger partial charge in [-0.3, -0.25) is 4.55 Å². The van der Waals surface area contributed by atoms with Gasteiger partial charge in [0.25, 0.3) is 0 Å². The van der Waals surface area contributed by atoms with E-state index in [1.54, 1.807) is 0 Å². The topological polar surface area (TPSA) is 54.4 Å². The van der Waals surface area contributed by atoms with Crippen molar-refractivity contribution in [2.75, 3.05) is 0 Å². The Labute approximate surface area is 95.9 Å². The molecule has 8 heteroatoms. The minimum absolute atomic E-state index is 0.00284. The van der Waals surface area contributed by atoms with Crippen LogP contribution >= 0.6 is 0 Å². The summed E-state index contributed by atoms with van der Waals surface area (Å²) in [6.07, 6.45) is 1.46. The lowest BCUT2D eigenvalue weighted by atomic mass is 9.71. The monoisotopic (exact) mass is 276 g/mol. The molecular formula is C9H12F4O3S. The summed E-state index contributed by atoms with van der Waals surface area (Å²) >= 11 is 0. The first kappa shape index (κ1) is 13.1. The fourth-order valence-corrected chi connectivity index (χ4v) is 3.42. The Balaban J connectivity index is 2.30. The molecule has 100 valence electrons. The molecule has 0 aromatic carbocycles. The third-order valence-corrected chi connectivity index (χ3v) is 4.94. The molecule has 0 aliphatic heterocycles. The zero-order valence-electron chi connectivity index (χ0n) is 8.74. The lowest BCUT2D eigenvalue weighted by Gasteiger charge is -2.38. The summed E-state index contributed by atoms with van der Waals surface area (Å²) in [5.41, 5.74) is 0. The van der Waals surface area contributed by atoms with Gasteiger partial charge in [0.1, 0.15) is 0 Å². The first-order valence-corrected chi connectivity index (χ1v) is 6.75. The molecule has 2 saturated carbocycles. The molecule has 1 N–H and O–H groups in total. The van der Waals surface area contributed by atoms with Gasteiger partial charge in [0.2, 0.25) is 0 Å². The van der Waals surface area contributed by atoms with E-state index in [-0.39, 0.29) is 12.3 Å². The molecular weight excluding hydrogens is 264 g/mol. The Bertz CT molecular complexity index is 420. The fourth-order valence-electron chi connectivity index (χ4n) is 2.93. The van der Waals surface area contributed by atoms with E-state index >= 15 is 0 Å². The van der Waals surface area contributed by atoms with Crippen molar-refractivity contribution in [3.05, 3.63) is 0 Å². The molecule has 3 atom stereocenters. The molecule has 17 heavy (non-hydrogen) atoms. The Morgan fingerprint density at radius 1 is 1.00 bits per heavy atom. The highest BCUT2D eigenvalue weighted by atomic mass is 32.2. The van der Waals surface area contributed by atoms with Gasteiger partial charge < -0.3 is 0 Å². The Morgan fingerprint density at radius 3 is 1.88 bits per heavy atom. The molecule has 0 radical (unpaired) electrons. The highest BCUT2D eigenvalue weighted by molar-refractivity contribution is 7.87. The van der Waals surface area contributed by atoms with E-state index < -0.39 is 33.1 Å². The van der Waals surface area contributed by atoms with Crippen LogP contribution in [0.5, 0.6) is 0 Å². The third kappa shape index (κ3) is 1.68. The summed E-state index contributed by atoms with van der Waals surface area (Å²) in [4.78, 5) is 0. The summed E-state index contributed by atoms with van der Waals surface area (Å²) in [5, 5.41) is -5.41. The Morgan fingerprint density at radius 2 is 1.53 bits per heavy atom. The van der Waals surface area contributed by atoms with Crippen molar-refractivity contribution >= 4 is 10.1 Å². The van der Waals surface area contributed by atoms with E-state index in [0.29, 0.717) is 12.8 Å². The summed E-state index contributed by atoms with van der Waals surface area (Å²) < 4.78 is 82.4. The van der Waals surface area contributed by atoms with E-state index in [1.165, 1.54) is 0 Å². The van der Waals surface area contributed by atoms with Crippen molar-refractivity contribution in [2.24, 2.45) is 17.8 Å². The average Bonchev–Trinajstić information content (AvgIpc) is 2.39. The molecule has 2 fully saturated rings. The minimum atomic E-state index is -6.10. The van der Waals surface area contributed by atoms with Crippen LogP contribution in [0, 0.1) is 17.8 Å². The number of fused-ring (bicyclic) bond motifs is 1. The molecule has 0 saturated heterocycles. The molecule has 3 nitrogen and oxygen atoms in total.